The van der Waals surface area contributed by atoms with Crippen molar-refractivity contribution in [1.82, 2.24) is 0 Å². The van der Waals surface area contributed by atoms with Crippen molar-refractivity contribution in [3.8, 4) is 0 Å². The van der Waals surface area contributed by atoms with Crippen molar-refractivity contribution in [2.45, 2.75) is 33.6 Å². The lowest BCUT2D eigenvalue weighted by Gasteiger charge is -2.07. The molecule has 1 aliphatic rings. The lowest BCUT2D eigenvalue weighted by Crippen LogP contribution is -2.08. The summed E-state index contributed by atoms with van der Waals surface area (Å²) in [5, 5.41) is 0. The molecule has 0 aromatic carbocycles. The Morgan fingerprint density at radius 3 is 2.25 bits per heavy atom. The van der Waals surface area contributed by atoms with E-state index in [1.807, 2.05) is 13.8 Å². The molecule has 0 aromatic heterocycles. The Morgan fingerprint density at radius 1 is 1.42 bits per heavy atom. The summed E-state index contributed by atoms with van der Waals surface area (Å²) in [5.41, 5.74) is 3.18. The van der Waals surface area contributed by atoms with Crippen molar-refractivity contribution in [2.75, 3.05) is 0 Å². The van der Waals surface area contributed by atoms with Gasteiger partial charge in [-0.05, 0) is 36.5 Å². The number of allylic oxidation sites excluding steroid dienone is 3. The molecule has 0 spiro atoms. The van der Waals surface area contributed by atoms with E-state index in [2.05, 4.69) is 13.5 Å². The topological polar surface area (TPSA) is 17.1 Å². The van der Waals surface area contributed by atoms with Crippen molar-refractivity contribution in [3.05, 3.63) is 23.3 Å². The molecule has 66 valence electrons. The van der Waals surface area contributed by atoms with Crippen LogP contribution in [0.15, 0.2) is 23.3 Å². The minimum Gasteiger partial charge on any atom is -0.294 e. The van der Waals surface area contributed by atoms with E-state index in [0.29, 0.717) is 5.78 Å². The quantitative estimate of drug-likeness (QED) is 0.613. The van der Waals surface area contributed by atoms with Crippen LogP contribution in [0, 0.1) is 5.92 Å². The zero-order valence-corrected chi connectivity index (χ0v) is 8.11. The molecule has 0 N–H and O–H groups in total. The summed E-state index contributed by atoms with van der Waals surface area (Å²) in [6.07, 6.45) is 1.82. The van der Waals surface area contributed by atoms with E-state index in [9.17, 15) is 4.79 Å². The third-order valence-electron chi connectivity index (χ3n) is 2.71. The van der Waals surface area contributed by atoms with Crippen LogP contribution >= 0.6 is 0 Å². The highest BCUT2D eigenvalue weighted by atomic mass is 16.1. The molecule has 0 saturated carbocycles. The smallest absolute Gasteiger partial charge is 0.166 e. The number of hydrogen-bond acceptors (Lipinski definition) is 1. The number of hydrogen-bond donors (Lipinski definition) is 0. The normalized spacial score (nSPS) is 24.1. The molecular formula is C11H16O. The summed E-state index contributed by atoms with van der Waals surface area (Å²) in [5.74, 6) is 0.374. The maximum atomic E-state index is 11.6. The summed E-state index contributed by atoms with van der Waals surface area (Å²) in [6.45, 7) is 10.0. The molecule has 0 radical (unpaired) electrons. The number of carbonyl (C=O) groups is 1. The van der Waals surface area contributed by atoms with Crippen LogP contribution in [0.5, 0.6) is 0 Å². The molecular weight excluding hydrogens is 148 g/mol. The summed E-state index contributed by atoms with van der Waals surface area (Å²) < 4.78 is 0. The monoisotopic (exact) mass is 164 g/mol. The second-order valence-corrected chi connectivity index (χ2v) is 3.31. The van der Waals surface area contributed by atoms with E-state index < -0.39 is 0 Å². The first-order chi connectivity index (χ1) is 5.63. The van der Waals surface area contributed by atoms with E-state index in [1.54, 1.807) is 0 Å². The molecule has 1 aliphatic carbocycles. The highest BCUT2D eigenvalue weighted by Crippen LogP contribution is 2.35. The third-order valence-corrected chi connectivity index (χ3v) is 2.71. The molecule has 1 unspecified atom stereocenters. The predicted molar refractivity (Wildman–Crippen MR) is 50.9 cm³/mol. The minimum absolute atomic E-state index is 0.0833. The van der Waals surface area contributed by atoms with Gasteiger partial charge in [0.2, 0.25) is 0 Å². The van der Waals surface area contributed by atoms with Gasteiger partial charge in [-0.25, -0.2) is 0 Å². The van der Waals surface area contributed by atoms with Crippen molar-refractivity contribution in [3.63, 3.8) is 0 Å². The molecule has 0 bridgehead atoms. The van der Waals surface area contributed by atoms with Gasteiger partial charge in [-0.15, -0.1) is 0 Å². The van der Waals surface area contributed by atoms with Gasteiger partial charge < -0.3 is 0 Å². The van der Waals surface area contributed by atoms with Crippen molar-refractivity contribution in [2.24, 2.45) is 5.92 Å². The third kappa shape index (κ3) is 1.13. The number of ketones is 1. The molecule has 0 heterocycles. The Kier molecular flexibility index (Phi) is 2.51. The molecule has 12 heavy (non-hydrogen) atoms. The van der Waals surface area contributed by atoms with Crippen LogP contribution < -0.4 is 0 Å². The fraction of sp³-hybridized carbons (Fsp3) is 0.545. The molecule has 0 fully saturated rings. The number of rotatable bonds is 2. The second kappa shape index (κ2) is 3.26. The van der Waals surface area contributed by atoms with Crippen LogP contribution in [0.4, 0.5) is 0 Å². The van der Waals surface area contributed by atoms with Gasteiger partial charge >= 0.3 is 0 Å². The maximum absolute atomic E-state index is 11.6. The van der Waals surface area contributed by atoms with E-state index in [1.165, 1.54) is 5.57 Å². The van der Waals surface area contributed by atoms with Gasteiger partial charge in [0.15, 0.2) is 5.78 Å². The average molecular weight is 164 g/mol. The fourth-order valence-electron chi connectivity index (χ4n) is 1.94. The molecule has 1 heteroatoms. The first kappa shape index (κ1) is 9.24. The van der Waals surface area contributed by atoms with Crippen LogP contribution in [0.25, 0.3) is 0 Å². The van der Waals surface area contributed by atoms with Crippen LogP contribution in [-0.2, 0) is 4.79 Å². The highest BCUT2D eigenvalue weighted by Gasteiger charge is 2.31. The number of Topliss-reactive ketones (excluding diaryl/α,β-unsaturated/α-hetero) is 1. The SMILES string of the molecule is C=C1C(CC)=C(C)C(=O)C1CC. The lowest BCUT2D eigenvalue weighted by molar-refractivity contribution is -0.117. The van der Waals surface area contributed by atoms with Gasteiger partial charge in [0.05, 0.1) is 0 Å². The average Bonchev–Trinajstić information content (AvgIpc) is 2.25. The first-order valence-corrected chi connectivity index (χ1v) is 4.56. The lowest BCUT2D eigenvalue weighted by atomic mass is 9.96. The van der Waals surface area contributed by atoms with Crippen LogP contribution in [0.1, 0.15) is 33.6 Å². The van der Waals surface area contributed by atoms with Gasteiger partial charge in [0.25, 0.3) is 0 Å². The Labute approximate surface area is 74.2 Å². The molecule has 0 amide bonds. The van der Waals surface area contributed by atoms with Crippen molar-refractivity contribution < 1.29 is 4.79 Å². The molecule has 0 aromatic rings. The standard InChI is InChI=1S/C11H16O/c1-5-9-7(3)10(6-2)11(12)8(9)4/h10H,3,5-6H2,1-2,4H3. The maximum Gasteiger partial charge on any atom is 0.166 e. The van der Waals surface area contributed by atoms with Crippen LogP contribution in [0.2, 0.25) is 0 Å². The molecule has 0 aliphatic heterocycles. The molecule has 1 nitrogen and oxygen atoms in total. The van der Waals surface area contributed by atoms with E-state index in [0.717, 1.165) is 24.0 Å². The molecule has 0 saturated heterocycles. The van der Waals surface area contributed by atoms with Gasteiger partial charge in [0, 0.05) is 5.92 Å². The summed E-state index contributed by atoms with van der Waals surface area (Å²) in [7, 11) is 0. The van der Waals surface area contributed by atoms with E-state index in [4.69, 9.17) is 0 Å². The Balaban J connectivity index is 3.02. The summed E-state index contributed by atoms with van der Waals surface area (Å²) in [6, 6.07) is 0. The molecule has 1 rings (SSSR count). The van der Waals surface area contributed by atoms with Crippen LogP contribution in [0.3, 0.4) is 0 Å². The Hall–Kier alpha value is -0.850. The predicted octanol–water partition coefficient (Wildman–Crippen LogP) is 2.88. The van der Waals surface area contributed by atoms with Crippen LogP contribution in [-0.4, -0.2) is 5.78 Å². The van der Waals surface area contributed by atoms with Crippen molar-refractivity contribution >= 4 is 5.78 Å². The first-order valence-electron chi connectivity index (χ1n) is 4.56. The molecule has 1 atom stereocenters. The second-order valence-electron chi connectivity index (χ2n) is 3.31. The van der Waals surface area contributed by atoms with E-state index in [-0.39, 0.29) is 5.92 Å². The fourth-order valence-corrected chi connectivity index (χ4v) is 1.94. The highest BCUT2D eigenvalue weighted by molar-refractivity contribution is 6.04. The largest absolute Gasteiger partial charge is 0.294 e. The Bertz CT molecular complexity index is 258. The van der Waals surface area contributed by atoms with Gasteiger partial charge in [-0.3, -0.25) is 4.79 Å². The zero-order chi connectivity index (χ0) is 9.30. The van der Waals surface area contributed by atoms with Gasteiger partial charge in [0.1, 0.15) is 0 Å². The van der Waals surface area contributed by atoms with E-state index >= 15 is 0 Å². The number of carbonyl (C=O) groups excluding carboxylic acids is 1. The summed E-state index contributed by atoms with van der Waals surface area (Å²) >= 11 is 0. The Morgan fingerprint density at radius 2 is 2.00 bits per heavy atom. The minimum atomic E-state index is 0.0833. The van der Waals surface area contributed by atoms with Gasteiger partial charge in [-0.2, -0.15) is 0 Å². The zero-order valence-electron chi connectivity index (χ0n) is 8.11. The van der Waals surface area contributed by atoms with Crippen molar-refractivity contribution in [1.29, 1.82) is 0 Å². The van der Waals surface area contributed by atoms with Gasteiger partial charge in [-0.1, -0.05) is 20.4 Å². The summed E-state index contributed by atoms with van der Waals surface area (Å²) in [4.78, 5) is 11.6.